The molecule has 0 saturated carbocycles. The van der Waals surface area contributed by atoms with E-state index in [2.05, 4.69) is 5.84 Å². The molecular formula is C10H19F3N2O6S2. The maximum atomic E-state index is 12.2. The number of ether oxygens (including phenoxy) is 2. The van der Waals surface area contributed by atoms with Crippen LogP contribution >= 0.6 is 0 Å². The van der Waals surface area contributed by atoms with Crippen molar-refractivity contribution in [2.75, 3.05) is 25.6 Å². The van der Waals surface area contributed by atoms with E-state index in [0.29, 0.717) is 39.1 Å². The van der Waals surface area contributed by atoms with Crippen molar-refractivity contribution < 1.29 is 39.5 Å². The van der Waals surface area contributed by atoms with Gasteiger partial charge in [-0.25, -0.2) is 22.7 Å². The van der Waals surface area contributed by atoms with E-state index in [-0.39, 0.29) is 12.5 Å². The lowest BCUT2D eigenvalue weighted by molar-refractivity contribution is -0.0469. The molecular weight excluding hydrogens is 365 g/mol. The molecule has 0 aromatic carbocycles. The first-order valence-corrected chi connectivity index (χ1v) is 9.82. The lowest BCUT2D eigenvalue weighted by atomic mass is 10.2. The van der Waals surface area contributed by atoms with Gasteiger partial charge in [-0.15, -0.1) is 0 Å². The number of alkyl halides is 3. The molecule has 1 aliphatic rings. The van der Waals surface area contributed by atoms with Crippen LogP contribution in [-0.2, 0) is 29.5 Å². The van der Waals surface area contributed by atoms with Crippen LogP contribution in [0.4, 0.5) is 13.2 Å². The number of nitrogens with zero attached hydrogens (tertiary/aromatic N) is 1. The Morgan fingerprint density at radius 3 is 2.22 bits per heavy atom. The minimum absolute atomic E-state index is 0.00481. The number of halogens is 3. The molecule has 0 spiro atoms. The van der Waals surface area contributed by atoms with Gasteiger partial charge in [0.25, 0.3) is 0 Å². The summed E-state index contributed by atoms with van der Waals surface area (Å²) >= 11 is 0. The summed E-state index contributed by atoms with van der Waals surface area (Å²) in [5.41, 5.74) is -5.77. The average Bonchev–Trinajstić information content (AvgIpc) is 3.23. The third-order valence-electron chi connectivity index (χ3n) is 2.95. The van der Waals surface area contributed by atoms with Crippen LogP contribution < -0.4 is 5.84 Å². The van der Waals surface area contributed by atoms with Crippen LogP contribution in [0.1, 0.15) is 25.7 Å². The van der Waals surface area contributed by atoms with Gasteiger partial charge in [-0.2, -0.15) is 13.2 Å². The van der Waals surface area contributed by atoms with Gasteiger partial charge in [-0.3, -0.25) is 0 Å². The maximum Gasteiger partial charge on any atom is 0.513 e. The molecule has 23 heavy (non-hydrogen) atoms. The second-order valence-electron chi connectivity index (χ2n) is 4.94. The van der Waals surface area contributed by atoms with Crippen LogP contribution in [0.5, 0.6) is 0 Å². The Morgan fingerprint density at radius 2 is 1.70 bits per heavy atom. The lowest BCUT2D eigenvalue weighted by Gasteiger charge is -2.18. The fourth-order valence-electron chi connectivity index (χ4n) is 1.56. The summed E-state index contributed by atoms with van der Waals surface area (Å²) in [6.45, 7) is 1.66. The fourth-order valence-corrected chi connectivity index (χ4v) is 4.19. The van der Waals surface area contributed by atoms with Crippen LogP contribution in [0.3, 0.4) is 0 Å². The molecule has 1 heterocycles. The molecule has 13 heteroatoms. The Kier molecular flexibility index (Phi) is 7.22. The summed E-state index contributed by atoms with van der Waals surface area (Å²) in [5, 5.41) is 0. The first-order valence-electron chi connectivity index (χ1n) is 6.77. The highest BCUT2D eigenvalue weighted by atomic mass is 32.3. The molecule has 1 unspecified atom stereocenters. The molecule has 1 fully saturated rings. The SMILES string of the molecule is NN(S(=O)(=O)CCCCCCOCC1CO1)S(=O)(=O)C(F)(F)F. The summed E-state index contributed by atoms with van der Waals surface area (Å²) in [5.74, 6) is 3.85. The van der Waals surface area contributed by atoms with Gasteiger partial charge in [0.05, 0.1) is 19.0 Å². The number of hydrazine groups is 1. The number of epoxide rings is 1. The molecule has 0 amide bonds. The molecule has 0 aliphatic carbocycles. The van der Waals surface area contributed by atoms with E-state index < -0.39 is 35.1 Å². The number of rotatable bonds is 11. The van der Waals surface area contributed by atoms with Crippen molar-refractivity contribution in [2.24, 2.45) is 5.84 Å². The Balaban J connectivity index is 2.26. The largest absolute Gasteiger partial charge is 0.513 e. The quantitative estimate of drug-likeness (QED) is 0.236. The molecule has 1 aliphatic heterocycles. The van der Waals surface area contributed by atoms with Crippen molar-refractivity contribution in [3.63, 3.8) is 0 Å². The van der Waals surface area contributed by atoms with Crippen molar-refractivity contribution in [3.8, 4) is 0 Å². The first-order chi connectivity index (χ1) is 10.5. The predicted octanol–water partition coefficient (Wildman–Crippen LogP) is 0.317. The van der Waals surface area contributed by atoms with E-state index in [0.717, 1.165) is 0 Å². The first kappa shape index (κ1) is 20.6. The summed E-state index contributed by atoms with van der Waals surface area (Å²) in [7, 11) is -10.8. The fraction of sp³-hybridized carbons (Fsp3) is 1.00. The minimum Gasteiger partial charge on any atom is -0.379 e. The monoisotopic (exact) mass is 384 g/mol. The van der Waals surface area contributed by atoms with Crippen LogP contribution in [-0.4, -0.2) is 57.8 Å². The van der Waals surface area contributed by atoms with Crippen LogP contribution in [0.25, 0.3) is 0 Å². The maximum absolute atomic E-state index is 12.2. The van der Waals surface area contributed by atoms with Gasteiger partial charge in [0.15, 0.2) is 0 Å². The third kappa shape index (κ3) is 6.51. The van der Waals surface area contributed by atoms with E-state index in [1.54, 1.807) is 0 Å². The topological polar surface area (TPSA) is 119 Å². The molecule has 2 N–H and O–H groups in total. The highest BCUT2D eigenvalue weighted by Gasteiger charge is 2.53. The van der Waals surface area contributed by atoms with E-state index in [9.17, 15) is 30.0 Å². The Labute approximate surface area is 132 Å². The highest BCUT2D eigenvalue weighted by Crippen LogP contribution is 2.26. The zero-order chi connectivity index (χ0) is 17.7. The van der Waals surface area contributed by atoms with Gasteiger partial charge in [0.1, 0.15) is 6.10 Å². The molecule has 0 aromatic heterocycles. The smallest absolute Gasteiger partial charge is 0.379 e. The second kappa shape index (κ2) is 8.07. The lowest BCUT2D eigenvalue weighted by Crippen LogP contribution is -2.49. The summed E-state index contributed by atoms with van der Waals surface area (Å²) in [4.78, 5) is 0. The molecule has 0 aromatic rings. The Bertz CT molecular complexity index is 574. The van der Waals surface area contributed by atoms with Gasteiger partial charge in [0.2, 0.25) is 10.0 Å². The van der Waals surface area contributed by atoms with Crippen molar-refractivity contribution >= 4 is 20.0 Å². The van der Waals surface area contributed by atoms with Gasteiger partial charge in [0, 0.05) is 6.61 Å². The van der Waals surface area contributed by atoms with E-state index in [1.165, 1.54) is 0 Å². The molecule has 0 radical (unpaired) electrons. The van der Waals surface area contributed by atoms with Crippen molar-refractivity contribution in [2.45, 2.75) is 37.3 Å². The number of unbranched alkanes of at least 4 members (excludes halogenated alkanes) is 3. The predicted molar refractivity (Wildman–Crippen MR) is 73.8 cm³/mol. The summed E-state index contributed by atoms with van der Waals surface area (Å²) < 4.78 is 90.7. The highest BCUT2D eigenvalue weighted by molar-refractivity contribution is 8.04. The second-order valence-corrected chi connectivity index (χ2v) is 8.94. The van der Waals surface area contributed by atoms with Crippen LogP contribution in [0.15, 0.2) is 0 Å². The Morgan fingerprint density at radius 1 is 1.13 bits per heavy atom. The molecule has 138 valence electrons. The molecule has 1 rings (SSSR count). The number of sulfonamides is 2. The standard InChI is InChI=1S/C10H19F3N2O6S2/c11-10(12,13)23(18,19)15(14)22(16,17)6-4-2-1-3-5-20-7-9-8-21-9/h9H,1-8,14H2. The summed E-state index contributed by atoms with van der Waals surface area (Å²) in [6, 6.07) is 0. The average molecular weight is 384 g/mol. The Hall–Kier alpha value is -0.470. The van der Waals surface area contributed by atoms with Crippen LogP contribution in [0, 0.1) is 0 Å². The minimum atomic E-state index is -6.10. The molecule has 0 bridgehead atoms. The van der Waals surface area contributed by atoms with E-state index >= 15 is 0 Å². The van der Waals surface area contributed by atoms with Crippen molar-refractivity contribution in [3.05, 3.63) is 0 Å². The van der Waals surface area contributed by atoms with E-state index in [4.69, 9.17) is 9.47 Å². The van der Waals surface area contributed by atoms with Gasteiger partial charge < -0.3 is 9.47 Å². The van der Waals surface area contributed by atoms with Crippen molar-refractivity contribution in [1.82, 2.24) is 3.82 Å². The molecule has 8 nitrogen and oxygen atoms in total. The van der Waals surface area contributed by atoms with Gasteiger partial charge in [-0.05, 0) is 16.7 Å². The zero-order valence-electron chi connectivity index (χ0n) is 12.2. The van der Waals surface area contributed by atoms with E-state index in [1.807, 2.05) is 0 Å². The summed E-state index contributed by atoms with van der Waals surface area (Å²) in [6.07, 6.45) is 1.79. The number of hydrogen-bond acceptors (Lipinski definition) is 7. The normalized spacial score (nSPS) is 19.3. The van der Waals surface area contributed by atoms with Gasteiger partial charge >= 0.3 is 15.5 Å². The molecule has 1 saturated heterocycles. The number of hydrogen-bond donors (Lipinski definition) is 1. The third-order valence-corrected chi connectivity index (χ3v) is 6.63. The van der Waals surface area contributed by atoms with Crippen LogP contribution in [0.2, 0.25) is 0 Å². The zero-order valence-corrected chi connectivity index (χ0v) is 13.8. The van der Waals surface area contributed by atoms with Crippen molar-refractivity contribution in [1.29, 1.82) is 0 Å². The van der Waals surface area contributed by atoms with Gasteiger partial charge in [-0.1, -0.05) is 12.8 Å². The number of nitrogens with two attached hydrogens (primary N) is 1. The molecule has 1 atom stereocenters.